The molecular formula is C15H36O3Si4. The molecule has 0 aromatic rings. The van der Waals surface area contributed by atoms with Crippen LogP contribution in [0, 0.1) is 0 Å². The Morgan fingerprint density at radius 3 is 2.32 bits per heavy atom. The molecule has 0 aromatic heterocycles. The lowest BCUT2D eigenvalue weighted by Gasteiger charge is -2.27. The summed E-state index contributed by atoms with van der Waals surface area (Å²) in [4.78, 5) is 11.5. The van der Waals surface area contributed by atoms with Crippen LogP contribution in [0.15, 0.2) is 12.2 Å². The standard InChI is InChI=1S/C15H36O3Si4/c1-14(2)15(16)10-9-11-19-17-22(7,8)13-12-20(3)18-21(4,5)6/h20H,1,9-13,19H2,2-8H3. The van der Waals surface area contributed by atoms with Crippen LogP contribution < -0.4 is 0 Å². The quantitative estimate of drug-likeness (QED) is 0.295. The molecule has 0 saturated heterocycles. The number of Topliss-reactive ketones (excluding diaryl/α,β-unsaturated/α-hetero) is 1. The normalized spacial score (nSPS) is 14.5. The van der Waals surface area contributed by atoms with Gasteiger partial charge in [0.15, 0.2) is 31.5 Å². The molecule has 22 heavy (non-hydrogen) atoms. The van der Waals surface area contributed by atoms with Gasteiger partial charge in [0.1, 0.15) is 9.76 Å². The van der Waals surface area contributed by atoms with E-state index in [9.17, 15) is 4.79 Å². The van der Waals surface area contributed by atoms with Crippen LogP contribution in [0.2, 0.25) is 57.4 Å². The molecule has 0 amide bonds. The van der Waals surface area contributed by atoms with Crippen LogP contribution in [0.4, 0.5) is 0 Å². The molecule has 0 bridgehead atoms. The lowest BCUT2D eigenvalue weighted by molar-refractivity contribution is -0.115. The maximum atomic E-state index is 11.5. The highest BCUT2D eigenvalue weighted by atomic mass is 28.4. The van der Waals surface area contributed by atoms with E-state index in [1.54, 1.807) is 6.92 Å². The summed E-state index contributed by atoms with van der Waals surface area (Å²) in [6.07, 6.45) is 1.61. The largest absolute Gasteiger partial charge is 0.460 e. The van der Waals surface area contributed by atoms with Crippen LogP contribution in [-0.4, -0.2) is 41.2 Å². The monoisotopic (exact) mass is 376 g/mol. The van der Waals surface area contributed by atoms with Gasteiger partial charge in [0.25, 0.3) is 0 Å². The third kappa shape index (κ3) is 12.7. The Balaban J connectivity index is 3.86. The van der Waals surface area contributed by atoms with Gasteiger partial charge in [-0.05, 0) is 76.3 Å². The summed E-state index contributed by atoms with van der Waals surface area (Å²) in [6.45, 7) is 19.3. The molecule has 1 atom stereocenters. The molecule has 0 radical (unpaired) electrons. The van der Waals surface area contributed by atoms with E-state index in [4.69, 9.17) is 8.23 Å². The van der Waals surface area contributed by atoms with Crippen LogP contribution in [0.3, 0.4) is 0 Å². The Bertz CT molecular complexity index is 364. The molecule has 0 heterocycles. The van der Waals surface area contributed by atoms with Gasteiger partial charge in [-0.3, -0.25) is 4.79 Å². The second kappa shape index (κ2) is 10.1. The molecule has 0 aliphatic carbocycles. The minimum atomic E-state index is -1.51. The number of allylic oxidation sites excluding steroid dienone is 1. The number of carbonyl (C=O) groups is 1. The highest BCUT2D eigenvalue weighted by molar-refractivity contribution is 6.79. The number of hydrogen-bond donors (Lipinski definition) is 0. The van der Waals surface area contributed by atoms with Gasteiger partial charge < -0.3 is 8.23 Å². The van der Waals surface area contributed by atoms with E-state index in [0.29, 0.717) is 12.0 Å². The van der Waals surface area contributed by atoms with Crippen molar-refractivity contribution in [1.82, 2.24) is 0 Å². The SMILES string of the molecule is C=C(C)C(=O)CCC[SiH2]O[Si](C)(C)CC[SiH](C)O[Si](C)(C)C. The smallest absolute Gasteiger partial charge is 0.172 e. The second-order valence-corrected chi connectivity index (χ2v) is 21.5. The summed E-state index contributed by atoms with van der Waals surface area (Å²) >= 11 is 0. The van der Waals surface area contributed by atoms with Crippen molar-refractivity contribution in [2.24, 2.45) is 0 Å². The van der Waals surface area contributed by atoms with Gasteiger partial charge in [0.05, 0.1) is 0 Å². The number of ketones is 1. The molecule has 0 aliphatic rings. The van der Waals surface area contributed by atoms with E-state index >= 15 is 0 Å². The molecule has 0 aromatic carbocycles. The molecular weight excluding hydrogens is 341 g/mol. The fourth-order valence-electron chi connectivity index (χ4n) is 2.23. The van der Waals surface area contributed by atoms with E-state index in [-0.39, 0.29) is 5.78 Å². The molecule has 0 fully saturated rings. The Kier molecular flexibility index (Phi) is 10.2. The Morgan fingerprint density at radius 2 is 1.82 bits per heavy atom. The van der Waals surface area contributed by atoms with E-state index < -0.39 is 35.4 Å². The fourth-order valence-corrected chi connectivity index (χ4v) is 15.8. The van der Waals surface area contributed by atoms with Crippen molar-refractivity contribution in [3.63, 3.8) is 0 Å². The van der Waals surface area contributed by atoms with Crippen LogP contribution >= 0.6 is 0 Å². The molecule has 0 N–H and O–H groups in total. The molecule has 0 aliphatic heterocycles. The van der Waals surface area contributed by atoms with Crippen LogP contribution in [-0.2, 0) is 13.0 Å². The summed E-state index contributed by atoms with van der Waals surface area (Å²) in [5, 5.41) is 0. The topological polar surface area (TPSA) is 35.5 Å². The van der Waals surface area contributed by atoms with Crippen LogP contribution in [0.1, 0.15) is 19.8 Å². The summed E-state index contributed by atoms with van der Waals surface area (Å²) in [5.74, 6) is 0.203. The van der Waals surface area contributed by atoms with Crippen molar-refractivity contribution in [2.45, 2.75) is 77.2 Å². The number of rotatable bonds is 12. The predicted molar refractivity (Wildman–Crippen MR) is 108 cm³/mol. The maximum absolute atomic E-state index is 11.5. The van der Waals surface area contributed by atoms with Crippen molar-refractivity contribution < 1.29 is 13.0 Å². The van der Waals surface area contributed by atoms with Crippen molar-refractivity contribution in [3.8, 4) is 0 Å². The maximum Gasteiger partial charge on any atom is 0.172 e. The Hall–Kier alpha value is 0.198. The molecule has 1 unspecified atom stereocenters. The molecule has 0 spiro atoms. The first-order valence-corrected chi connectivity index (χ1v) is 19.0. The van der Waals surface area contributed by atoms with Crippen molar-refractivity contribution in [3.05, 3.63) is 12.2 Å². The third-order valence-corrected chi connectivity index (χ3v) is 15.8. The van der Waals surface area contributed by atoms with Gasteiger partial charge in [0, 0.05) is 6.42 Å². The first-order chi connectivity index (χ1) is 9.93. The van der Waals surface area contributed by atoms with E-state index in [2.05, 4.69) is 45.9 Å². The van der Waals surface area contributed by atoms with Gasteiger partial charge in [0.2, 0.25) is 0 Å². The molecule has 7 heteroatoms. The van der Waals surface area contributed by atoms with E-state index in [1.165, 1.54) is 12.1 Å². The minimum Gasteiger partial charge on any atom is -0.460 e. The van der Waals surface area contributed by atoms with Crippen LogP contribution in [0.25, 0.3) is 0 Å². The predicted octanol–water partition coefficient (Wildman–Crippen LogP) is 3.84. The highest BCUT2D eigenvalue weighted by Crippen LogP contribution is 2.18. The van der Waals surface area contributed by atoms with Crippen molar-refractivity contribution in [1.29, 1.82) is 0 Å². The van der Waals surface area contributed by atoms with Gasteiger partial charge in [-0.15, -0.1) is 0 Å². The number of hydrogen-bond acceptors (Lipinski definition) is 3. The van der Waals surface area contributed by atoms with E-state index in [0.717, 1.165) is 12.5 Å². The summed E-state index contributed by atoms with van der Waals surface area (Å²) in [6, 6.07) is 3.57. The highest BCUT2D eigenvalue weighted by Gasteiger charge is 2.25. The summed E-state index contributed by atoms with van der Waals surface area (Å²) < 4.78 is 12.5. The zero-order chi connectivity index (χ0) is 17.4. The third-order valence-electron chi connectivity index (χ3n) is 3.47. The molecule has 130 valence electrons. The Morgan fingerprint density at radius 1 is 1.23 bits per heavy atom. The molecule has 3 nitrogen and oxygen atoms in total. The zero-order valence-corrected chi connectivity index (χ0v) is 20.3. The fraction of sp³-hybridized carbons (Fsp3) is 0.800. The lowest BCUT2D eigenvalue weighted by Crippen LogP contribution is -2.37. The van der Waals surface area contributed by atoms with Gasteiger partial charge >= 0.3 is 0 Å². The minimum absolute atomic E-state index is 0.203. The first kappa shape index (κ1) is 22.2. The average molecular weight is 377 g/mol. The summed E-state index contributed by atoms with van der Waals surface area (Å²) in [7, 11) is -4.38. The van der Waals surface area contributed by atoms with Gasteiger partial charge in [-0.25, -0.2) is 0 Å². The van der Waals surface area contributed by atoms with Crippen molar-refractivity contribution >= 4 is 41.2 Å². The molecule has 0 rings (SSSR count). The molecule has 0 saturated carbocycles. The first-order valence-electron chi connectivity index (χ1n) is 8.43. The zero-order valence-electron chi connectivity index (χ0n) is 15.8. The van der Waals surface area contributed by atoms with Crippen LogP contribution in [0.5, 0.6) is 0 Å². The summed E-state index contributed by atoms with van der Waals surface area (Å²) in [5.41, 5.74) is 0.679. The number of carbonyl (C=O) groups excluding carboxylic acids is 1. The van der Waals surface area contributed by atoms with Crippen molar-refractivity contribution in [2.75, 3.05) is 0 Å². The van der Waals surface area contributed by atoms with Gasteiger partial charge in [-0.1, -0.05) is 6.58 Å². The second-order valence-electron chi connectivity index (χ2n) is 7.85. The average Bonchev–Trinajstić information content (AvgIpc) is 2.33. The van der Waals surface area contributed by atoms with E-state index in [1.807, 2.05) is 0 Å². The Labute approximate surface area is 143 Å². The lowest BCUT2D eigenvalue weighted by atomic mass is 10.1. The van der Waals surface area contributed by atoms with Gasteiger partial charge in [-0.2, -0.15) is 0 Å².